The third-order valence-electron chi connectivity index (χ3n) is 2.48. The van der Waals surface area contributed by atoms with Gasteiger partial charge < -0.3 is 5.32 Å². The summed E-state index contributed by atoms with van der Waals surface area (Å²) >= 11 is 3.01. The number of hydrogen-bond acceptors (Lipinski definition) is 1. The molecule has 1 nitrogen and oxygen atoms in total. The Morgan fingerprint density at radius 1 is 0.895 bits per heavy atom. The molecule has 0 unspecified atom stereocenters. The molecule has 0 heterocycles. The second-order valence-corrected chi connectivity index (χ2v) is 4.69. The monoisotopic (exact) mass is 333 g/mol. The standard InChI is InChI=1S/C13H8BrF4N/c14-10-3-9(16)5-12(18)13(10)19-6-7-1-2-8(15)4-11(7)17/h1-5,19H,6H2. The number of halogens is 5. The van der Waals surface area contributed by atoms with Crippen LogP contribution in [0.2, 0.25) is 0 Å². The highest BCUT2D eigenvalue weighted by Crippen LogP contribution is 2.27. The Kier molecular flexibility index (Phi) is 4.09. The lowest BCUT2D eigenvalue weighted by Crippen LogP contribution is -2.05. The zero-order valence-electron chi connectivity index (χ0n) is 9.48. The van der Waals surface area contributed by atoms with Gasteiger partial charge in [0.1, 0.15) is 23.3 Å². The fourth-order valence-electron chi connectivity index (χ4n) is 1.56. The van der Waals surface area contributed by atoms with Crippen molar-refractivity contribution in [2.24, 2.45) is 0 Å². The Labute approximate surface area is 115 Å². The number of anilines is 1. The highest BCUT2D eigenvalue weighted by atomic mass is 79.9. The van der Waals surface area contributed by atoms with E-state index < -0.39 is 23.3 Å². The van der Waals surface area contributed by atoms with Crippen LogP contribution in [0, 0.1) is 23.3 Å². The van der Waals surface area contributed by atoms with E-state index in [2.05, 4.69) is 21.2 Å². The van der Waals surface area contributed by atoms with Crippen LogP contribution in [0.1, 0.15) is 5.56 Å². The molecule has 0 aliphatic carbocycles. The fourth-order valence-corrected chi connectivity index (χ4v) is 2.11. The maximum atomic E-state index is 13.5. The fraction of sp³-hybridized carbons (Fsp3) is 0.0769. The second-order valence-electron chi connectivity index (χ2n) is 3.83. The van der Waals surface area contributed by atoms with E-state index in [-0.39, 0.29) is 22.3 Å². The topological polar surface area (TPSA) is 12.0 Å². The maximum Gasteiger partial charge on any atom is 0.150 e. The predicted molar refractivity (Wildman–Crippen MR) is 67.7 cm³/mol. The predicted octanol–water partition coefficient (Wildman–Crippen LogP) is 4.62. The molecule has 2 aromatic rings. The van der Waals surface area contributed by atoms with Gasteiger partial charge in [-0.05, 0) is 28.1 Å². The van der Waals surface area contributed by atoms with Gasteiger partial charge in [-0.2, -0.15) is 0 Å². The molecule has 0 saturated carbocycles. The van der Waals surface area contributed by atoms with Gasteiger partial charge >= 0.3 is 0 Å². The summed E-state index contributed by atoms with van der Waals surface area (Å²) in [6.45, 7) is -0.0483. The van der Waals surface area contributed by atoms with E-state index in [9.17, 15) is 17.6 Å². The Hall–Kier alpha value is -1.56. The average molecular weight is 334 g/mol. The van der Waals surface area contributed by atoms with E-state index in [0.29, 0.717) is 6.07 Å². The van der Waals surface area contributed by atoms with Crippen molar-refractivity contribution in [2.75, 3.05) is 5.32 Å². The first-order chi connectivity index (χ1) is 8.97. The molecule has 0 bridgehead atoms. The summed E-state index contributed by atoms with van der Waals surface area (Å²) < 4.78 is 52.6. The number of benzene rings is 2. The van der Waals surface area contributed by atoms with Crippen molar-refractivity contribution >= 4 is 21.6 Å². The molecule has 19 heavy (non-hydrogen) atoms. The van der Waals surface area contributed by atoms with Gasteiger partial charge in [0, 0.05) is 28.7 Å². The Bertz CT molecular complexity index is 593. The van der Waals surface area contributed by atoms with E-state index >= 15 is 0 Å². The molecule has 6 heteroatoms. The van der Waals surface area contributed by atoms with Crippen molar-refractivity contribution in [1.82, 2.24) is 0 Å². The number of nitrogens with one attached hydrogen (secondary N) is 1. The van der Waals surface area contributed by atoms with Gasteiger partial charge in [-0.1, -0.05) is 6.07 Å². The second kappa shape index (κ2) is 5.61. The average Bonchev–Trinajstić information content (AvgIpc) is 2.30. The lowest BCUT2D eigenvalue weighted by Gasteiger charge is -2.10. The zero-order chi connectivity index (χ0) is 14.0. The molecule has 0 saturated heterocycles. The van der Waals surface area contributed by atoms with Crippen molar-refractivity contribution < 1.29 is 17.6 Å². The zero-order valence-corrected chi connectivity index (χ0v) is 11.1. The molecule has 2 rings (SSSR count). The summed E-state index contributed by atoms with van der Waals surface area (Å²) in [6.07, 6.45) is 0. The molecule has 0 spiro atoms. The summed E-state index contributed by atoms with van der Waals surface area (Å²) in [6, 6.07) is 4.91. The van der Waals surface area contributed by atoms with Crippen LogP contribution in [0.5, 0.6) is 0 Å². The molecule has 0 atom stereocenters. The largest absolute Gasteiger partial charge is 0.378 e. The lowest BCUT2D eigenvalue weighted by atomic mass is 10.2. The lowest BCUT2D eigenvalue weighted by molar-refractivity contribution is 0.572. The van der Waals surface area contributed by atoms with Gasteiger partial charge in [-0.3, -0.25) is 0 Å². The minimum atomic E-state index is -0.797. The highest BCUT2D eigenvalue weighted by Gasteiger charge is 2.10. The smallest absolute Gasteiger partial charge is 0.150 e. The number of rotatable bonds is 3. The Morgan fingerprint density at radius 2 is 1.58 bits per heavy atom. The van der Waals surface area contributed by atoms with E-state index in [0.717, 1.165) is 18.2 Å². The van der Waals surface area contributed by atoms with Crippen LogP contribution in [-0.2, 0) is 6.54 Å². The van der Waals surface area contributed by atoms with Crippen LogP contribution >= 0.6 is 15.9 Å². The van der Waals surface area contributed by atoms with E-state index in [1.54, 1.807) is 0 Å². The van der Waals surface area contributed by atoms with Crippen LogP contribution in [-0.4, -0.2) is 0 Å². The SMILES string of the molecule is Fc1ccc(CNc2c(F)cc(F)cc2Br)c(F)c1. The molecular weight excluding hydrogens is 326 g/mol. The van der Waals surface area contributed by atoms with Crippen molar-refractivity contribution in [3.05, 3.63) is 63.6 Å². The van der Waals surface area contributed by atoms with Crippen LogP contribution in [0.4, 0.5) is 23.2 Å². The molecule has 0 aliphatic heterocycles. The molecule has 0 aromatic heterocycles. The van der Waals surface area contributed by atoms with Gasteiger partial charge in [0.05, 0.1) is 5.69 Å². The molecule has 2 aromatic carbocycles. The van der Waals surface area contributed by atoms with Gasteiger partial charge in [0.15, 0.2) is 0 Å². The van der Waals surface area contributed by atoms with Gasteiger partial charge in [0.2, 0.25) is 0 Å². The van der Waals surface area contributed by atoms with Crippen LogP contribution in [0.25, 0.3) is 0 Å². The van der Waals surface area contributed by atoms with Gasteiger partial charge in [0.25, 0.3) is 0 Å². The summed E-state index contributed by atoms with van der Waals surface area (Å²) in [4.78, 5) is 0. The number of hydrogen-bond donors (Lipinski definition) is 1. The molecule has 0 amide bonds. The normalized spacial score (nSPS) is 10.6. The summed E-state index contributed by atoms with van der Waals surface area (Å²) in [5, 5.41) is 2.63. The molecule has 0 aliphatic rings. The first kappa shape index (κ1) is 13.9. The quantitative estimate of drug-likeness (QED) is 0.808. The van der Waals surface area contributed by atoms with E-state index in [4.69, 9.17) is 0 Å². The summed E-state index contributed by atoms with van der Waals surface area (Å²) in [5.41, 5.74) is 0.196. The summed E-state index contributed by atoms with van der Waals surface area (Å²) in [7, 11) is 0. The van der Waals surface area contributed by atoms with Crippen LogP contribution in [0.3, 0.4) is 0 Å². The third-order valence-corrected chi connectivity index (χ3v) is 3.10. The Balaban J connectivity index is 2.19. The third kappa shape index (κ3) is 3.26. The first-order valence-electron chi connectivity index (χ1n) is 5.29. The van der Waals surface area contributed by atoms with Crippen molar-refractivity contribution in [3.8, 4) is 0 Å². The van der Waals surface area contributed by atoms with Crippen LogP contribution < -0.4 is 5.32 Å². The highest BCUT2D eigenvalue weighted by molar-refractivity contribution is 9.10. The maximum absolute atomic E-state index is 13.5. The van der Waals surface area contributed by atoms with Crippen molar-refractivity contribution in [3.63, 3.8) is 0 Å². The summed E-state index contributed by atoms with van der Waals surface area (Å²) in [5.74, 6) is -2.93. The Morgan fingerprint density at radius 3 is 2.21 bits per heavy atom. The molecule has 0 radical (unpaired) electrons. The van der Waals surface area contributed by atoms with Gasteiger partial charge in [-0.25, -0.2) is 17.6 Å². The molecule has 0 fully saturated rings. The minimum absolute atomic E-state index is 0.0186. The molecule has 1 N–H and O–H groups in total. The van der Waals surface area contributed by atoms with Crippen molar-refractivity contribution in [1.29, 1.82) is 0 Å². The van der Waals surface area contributed by atoms with Crippen LogP contribution in [0.15, 0.2) is 34.8 Å². The molecule has 100 valence electrons. The van der Waals surface area contributed by atoms with E-state index in [1.165, 1.54) is 6.07 Å². The molecular formula is C13H8BrF4N. The minimum Gasteiger partial charge on any atom is -0.378 e. The van der Waals surface area contributed by atoms with Crippen molar-refractivity contribution in [2.45, 2.75) is 6.54 Å². The van der Waals surface area contributed by atoms with Gasteiger partial charge in [-0.15, -0.1) is 0 Å². The van der Waals surface area contributed by atoms with E-state index in [1.807, 2.05) is 0 Å². The first-order valence-corrected chi connectivity index (χ1v) is 6.09.